The molecule has 162 valence electrons. The van der Waals surface area contributed by atoms with Crippen LogP contribution in [0.25, 0.3) is 0 Å². The second-order valence-corrected chi connectivity index (χ2v) is 8.24. The number of ketones is 2. The minimum atomic E-state index is -0.720. The summed E-state index contributed by atoms with van der Waals surface area (Å²) in [7, 11) is 3.06. The number of carbonyl (C=O) groups excluding carboxylic acids is 2. The van der Waals surface area contributed by atoms with Gasteiger partial charge in [-0.1, -0.05) is 42.0 Å². The predicted octanol–water partition coefficient (Wildman–Crippen LogP) is 4.56. The van der Waals surface area contributed by atoms with E-state index in [1.807, 2.05) is 19.1 Å². The van der Waals surface area contributed by atoms with Crippen LogP contribution in [0.3, 0.4) is 0 Å². The monoisotopic (exact) mass is 419 g/mol. The number of methoxy groups -OCH3 is 2. The van der Waals surface area contributed by atoms with Gasteiger partial charge in [-0.05, 0) is 56.5 Å². The molecule has 0 amide bonds. The van der Waals surface area contributed by atoms with E-state index < -0.39 is 5.92 Å². The lowest BCUT2D eigenvalue weighted by Gasteiger charge is -2.34. The molecule has 0 spiro atoms. The van der Waals surface area contributed by atoms with E-state index in [0.29, 0.717) is 22.6 Å². The van der Waals surface area contributed by atoms with Crippen LogP contribution in [0.4, 0.5) is 0 Å². The van der Waals surface area contributed by atoms with E-state index in [4.69, 9.17) is 9.47 Å². The van der Waals surface area contributed by atoms with Crippen LogP contribution in [0.5, 0.6) is 11.5 Å². The molecule has 2 aliphatic rings. The Kier molecular flexibility index (Phi) is 6.23. The number of likely N-dealkylation sites (tertiary alicyclic amines) is 1. The molecule has 1 saturated heterocycles. The number of benzene rings is 2. The number of hydrogen-bond donors (Lipinski definition) is 0. The Morgan fingerprint density at radius 3 is 2.00 bits per heavy atom. The summed E-state index contributed by atoms with van der Waals surface area (Å²) in [6.07, 6.45) is 3.89. The molecule has 1 fully saturated rings. The van der Waals surface area contributed by atoms with Gasteiger partial charge in [0.15, 0.2) is 23.1 Å². The zero-order valence-electron chi connectivity index (χ0n) is 18.4. The number of fused-ring (bicyclic) bond motifs is 1. The van der Waals surface area contributed by atoms with Gasteiger partial charge in [0.05, 0.1) is 14.2 Å². The first-order valence-corrected chi connectivity index (χ1v) is 10.8. The summed E-state index contributed by atoms with van der Waals surface area (Å²) in [6, 6.07) is 13.8. The lowest BCUT2D eigenvalue weighted by molar-refractivity contribution is 0.0848. The van der Waals surface area contributed by atoms with Crippen LogP contribution in [0.15, 0.2) is 54.1 Å². The summed E-state index contributed by atoms with van der Waals surface area (Å²) in [5, 5.41) is 0. The third-order valence-corrected chi connectivity index (χ3v) is 6.55. The summed E-state index contributed by atoms with van der Waals surface area (Å²) in [4.78, 5) is 29.0. The molecule has 1 aliphatic carbocycles. The fourth-order valence-corrected chi connectivity index (χ4v) is 4.92. The van der Waals surface area contributed by atoms with Gasteiger partial charge in [-0.25, -0.2) is 0 Å². The van der Waals surface area contributed by atoms with E-state index in [1.165, 1.54) is 19.8 Å². The summed E-state index contributed by atoms with van der Waals surface area (Å²) in [5.41, 5.74) is 3.15. The molecule has 0 N–H and O–H groups in total. The lowest BCUT2D eigenvalue weighted by atomic mass is 9.79. The molecular formula is C26H29NO4. The molecule has 0 unspecified atom stereocenters. The van der Waals surface area contributed by atoms with Gasteiger partial charge < -0.3 is 9.47 Å². The van der Waals surface area contributed by atoms with Crippen molar-refractivity contribution in [2.75, 3.05) is 27.3 Å². The van der Waals surface area contributed by atoms with Gasteiger partial charge in [-0.15, -0.1) is 0 Å². The number of allylic oxidation sites excluding steroid dienone is 2. The van der Waals surface area contributed by atoms with Gasteiger partial charge >= 0.3 is 0 Å². The van der Waals surface area contributed by atoms with Crippen molar-refractivity contribution >= 4 is 11.6 Å². The zero-order valence-corrected chi connectivity index (χ0v) is 18.4. The SMILES string of the molecule is C/C=C(/C1CCN(Cc2ccccc2)CC1)C1C(=O)c2cc(OC)c(OC)cc2C1=O. The van der Waals surface area contributed by atoms with E-state index >= 15 is 0 Å². The minimum Gasteiger partial charge on any atom is -0.493 e. The summed E-state index contributed by atoms with van der Waals surface area (Å²) < 4.78 is 10.7. The standard InChI is InChI=1S/C26H29NO4/c1-4-19(18-10-12-27(13-11-18)16-17-8-6-5-7-9-17)24-25(28)20-14-22(30-2)23(31-3)15-21(20)26(24)29/h4-9,14-15,18,24H,10-13,16H2,1-3H3/b19-4-. The molecule has 5 heteroatoms. The zero-order chi connectivity index (χ0) is 22.0. The topological polar surface area (TPSA) is 55.8 Å². The fraction of sp³-hybridized carbons (Fsp3) is 0.385. The molecule has 0 atom stereocenters. The van der Waals surface area contributed by atoms with Crippen molar-refractivity contribution in [2.24, 2.45) is 11.8 Å². The Balaban J connectivity index is 1.50. The quantitative estimate of drug-likeness (QED) is 0.508. The highest BCUT2D eigenvalue weighted by atomic mass is 16.5. The van der Waals surface area contributed by atoms with Gasteiger partial charge in [0.25, 0.3) is 0 Å². The van der Waals surface area contributed by atoms with Gasteiger partial charge in [-0.2, -0.15) is 0 Å². The highest BCUT2D eigenvalue weighted by molar-refractivity contribution is 6.28. The number of ether oxygens (including phenoxy) is 2. The van der Waals surface area contributed by atoms with Gasteiger partial charge in [0, 0.05) is 17.7 Å². The maximum Gasteiger partial charge on any atom is 0.178 e. The lowest BCUT2D eigenvalue weighted by Crippen LogP contribution is -2.36. The number of Topliss-reactive ketones (excluding diaryl/α,β-unsaturated/α-hetero) is 2. The third kappa shape index (κ3) is 4.02. The first-order chi connectivity index (χ1) is 15.1. The van der Waals surface area contributed by atoms with Crippen LogP contribution in [0.1, 0.15) is 46.0 Å². The first-order valence-electron chi connectivity index (χ1n) is 10.8. The Morgan fingerprint density at radius 2 is 1.52 bits per heavy atom. The van der Waals surface area contributed by atoms with Crippen LogP contribution in [-0.2, 0) is 6.54 Å². The van der Waals surface area contributed by atoms with Crippen molar-refractivity contribution in [1.82, 2.24) is 4.90 Å². The van der Waals surface area contributed by atoms with E-state index in [2.05, 4.69) is 29.2 Å². The average Bonchev–Trinajstić information content (AvgIpc) is 3.05. The molecule has 4 rings (SSSR count). The molecule has 2 aromatic carbocycles. The van der Waals surface area contributed by atoms with Gasteiger partial charge in [0.1, 0.15) is 5.92 Å². The minimum absolute atomic E-state index is 0.124. The van der Waals surface area contributed by atoms with E-state index in [1.54, 1.807) is 12.1 Å². The molecule has 0 bridgehead atoms. The molecule has 0 aromatic heterocycles. The van der Waals surface area contributed by atoms with Crippen LogP contribution < -0.4 is 9.47 Å². The highest BCUT2D eigenvalue weighted by Crippen LogP contribution is 2.42. The number of rotatable bonds is 6. The average molecular weight is 420 g/mol. The van der Waals surface area contributed by atoms with Crippen molar-refractivity contribution in [1.29, 1.82) is 0 Å². The van der Waals surface area contributed by atoms with Crippen LogP contribution in [0, 0.1) is 11.8 Å². The van der Waals surface area contributed by atoms with Crippen LogP contribution >= 0.6 is 0 Å². The number of piperidine rings is 1. The molecule has 1 heterocycles. The van der Waals surface area contributed by atoms with Crippen molar-refractivity contribution in [3.8, 4) is 11.5 Å². The van der Waals surface area contributed by atoms with Crippen molar-refractivity contribution in [3.63, 3.8) is 0 Å². The fourth-order valence-electron chi connectivity index (χ4n) is 4.92. The van der Waals surface area contributed by atoms with Gasteiger partial charge in [0.2, 0.25) is 0 Å². The predicted molar refractivity (Wildman–Crippen MR) is 120 cm³/mol. The Hall–Kier alpha value is -2.92. The summed E-state index contributed by atoms with van der Waals surface area (Å²) in [5.74, 6) is 0.218. The van der Waals surface area contributed by atoms with Crippen LogP contribution in [-0.4, -0.2) is 43.8 Å². The van der Waals surface area contributed by atoms with Crippen molar-refractivity contribution < 1.29 is 19.1 Å². The molecule has 5 nitrogen and oxygen atoms in total. The molecule has 2 aromatic rings. The maximum atomic E-state index is 13.3. The Bertz CT molecular complexity index is 961. The van der Waals surface area contributed by atoms with Gasteiger partial charge in [-0.3, -0.25) is 14.5 Å². The summed E-state index contributed by atoms with van der Waals surface area (Å²) in [6.45, 7) is 4.79. The second kappa shape index (κ2) is 9.06. The smallest absolute Gasteiger partial charge is 0.178 e. The first kappa shape index (κ1) is 21.3. The van der Waals surface area contributed by atoms with Crippen molar-refractivity contribution in [2.45, 2.75) is 26.3 Å². The highest BCUT2D eigenvalue weighted by Gasteiger charge is 2.43. The molecule has 0 saturated carbocycles. The van der Waals surface area contributed by atoms with E-state index in [-0.39, 0.29) is 17.5 Å². The van der Waals surface area contributed by atoms with Crippen molar-refractivity contribution in [3.05, 3.63) is 70.8 Å². The van der Waals surface area contributed by atoms with E-state index in [9.17, 15) is 9.59 Å². The normalized spacial score (nSPS) is 18.4. The Labute approximate surface area is 183 Å². The number of nitrogens with zero attached hydrogens (tertiary/aromatic N) is 1. The number of carbonyl (C=O) groups is 2. The Morgan fingerprint density at radius 1 is 0.968 bits per heavy atom. The number of hydrogen-bond acceptors (Lipinski definition) is 5. The van der Waals surface area contributed by atoms with Crippen LogP contribution in [0.2, 0.25) is 0 Å². The largest absolute Gasteiger partial charge is 0.493 e. The maximum absolute atomic E-state index is 13.3. The molecule has 31 heavy (non-hydrogen) atoms. The molecular weight excluding hydrogens is 390 g/mol. The second-order valence-electron chi connectivity index (χ2n) is 8.24. The van der Waals surface area contributed by atoms with E-state index in [0.717, 1.165) is 38.0 Å². The molecule has 1 aliphatic heterocycles. The summed E-state index contributed by atoms with van der Waals surface area (Å²) >= 11 is 0. The molecule has 0 radical (unpaired) electrons. The third-order valence-electron chi connectivity index (χ3n) is 6.55.